The second-order valence-corrected chi connectivity index (χ2v) is 8.35. The largest absolute Gasteiger partial charge is 0.486 e. The normalized spacial score (nSPS) is 10.5. The van der Waals surface area contributed by atoms with E-state index in [0.717, 1.165) is 11.4 Å². The first-order valence-corrected chi connectivity index (χ1v) is 11.6. The fraction of sp³-hybridized carbons (Fsp3) is 0.0833. The molecule has 0 radical (unpaired) electrons. The molecule has 0 saturated heterocycles. The average Bonchev–Trinajstić information content (AvgIpc) is 3.29. The van der Waals surface area contributed by atoms with E-state index in [1.807, 2.05) is 65.2 Å². The summed E-state index contributed by atoms with van der Waals surface area (Å²) in [5, 5.41) is 9.55. The van der Waals surface area contributed by atoms with Gasteiger partial charge in [-0.1, -0.05) is 59.8 Å². The van der Waals surface area contributed by atoms with Crippen molar-refractivity contribution in [2.75, 3.05) is 5.75 Å². The summed E-state index contributed by atoms with van der Waals surface area (Å²) in [7, 11) is 0. The summed E-state index contributed by atoms with van der Waals surface area (Å²) >= 11 is 7.02. The van der Waals surface area contributed by atoms with Crippen molar-refractivity contribution in [2.45, 2.75) is 11.8 Å². The molecule has 2 amide bonds. The SMILES string of the molecule is O=C(CSc1nnc(COc2ccccc2)n1-c1ccccc1)NNC(=O)c1ccc(Cl)cc1. The van der Waals surface area contributed by atoms with Gasteiger partial charge < -0.3 is 4.74 Å². The number of hydrazine groups is 1. The Bertz CT molecular complexity index is 1250. The average molecular weight is 494 g/mol. The number of halogens is 1. The number of nitrogens with one attached hydrogen (secondary N) is 2. The number of hydrogen-bond donors (Lipinski definition) is 2. The van der Waals surface area contributed by atoms with E-state index in [0.29, 0.717) is 21.6 Å². The molecule has 8 nitrogen and oxygen atoms in total. The summed E-state index contributed by atoms with van der Waals surface area (Å²) < 4.78 is 7.68. The molecule has 0 unspecified atom stereocenters. The van der Waals surface area contributed by atoms with Crippen LogP contribution in [-0.2, 0) is 11.4 Å². The smallest absolute Gasteiger partial charge is 0.269 e. The van der Waals surface area contributed by atoms with Gasteiger partial charge >= 0.3 is 0 Å². The van der Waals surface area contributed by atoms with Gasteiger partial charge in [-0.05, 0) is 48.5 Å². The summed E-state index contributed by atoms with van der Waals surface area (Å²) in [6, 6.07) is 25.3. The molecule has 0 spiro atoms. The zero-order chi connectivity index (χ0) is 23.8. The monoisotopic (exact) mass is 493 g/mol. The van der Waals surface area contributed by atoms with Gasteiger partial charge in [0.25, 0.3) is 5.91 Å². The minimum absolute atomic E-state index is 0.0193. The van der Waals surface area contributed by atoms with E-state index in [1.54, 1.807) is 24.3 Å². The first-order chi connectivity index (χ1) is 16.6. The molecular formula is C24H20ClN5O3S. The predicted molar refractivity (Wildman–Crippen MR) is 130 cm³/mol. The highest BCUT2D eigenvalue weighted by Gasteiger charge is 2.17. The highest BCUT2D eigenvalue weighted by molar-refractivity contribution is 7.99. The third kappa shape index (κ3) is 6.15. The predicted octanol–water partition coefficient (Wildman–Crippen LogP) is 4.05. The molecule has 10 heteroatoms. The second-order valence-electron chi connectivity index (χ2n) is 6.97. The highest BCUT2D eigenvalue weighted by atomic mass is 35.5. The number of thioether (sulfide) groups is 1. The zero-order valence-corrected chi connectivity index (χ0v) is 19.4. The van der Waals surface area contributed by atoms with Crippen LogP contribution in [0.4, 0.5) is 0 Å². The molecule has 0 atom stereocenters. The van der Waals surface area contributed by atoms with Crippen LogP contribution in [0, 0.1) is 0 Å². The van der Waals surface area contributed by atoms with E-state index in [9.17, 15) is 9.59 Å². The van der Waals surface area contributed by atoms with Crippen molar-refractivity contribution in [2.24, 2.45) is 0 Å². The number of amides is 2. The topological polar surface area (TPSA) is 98.1 Å². The van der Waals surface area contributed by atoms with Gasteiger partial charge in [-0.25, -0.2) is 0 Å². The lowest BCUT2D eigenvalue weighted by Crippen LogP contribution is -2.42. The third-order valence-corrected chi connectivity index (χ3v) is 5.76. The van der Waals surface area contributed by atoms with Gasteiger partial charge in [0, 0.05) is 16.3 Å². The number of benzene rings is 3. The maximum absolute atomic E-state index is 12.3. The highest BCUT2D eigenvalue weighted by Crippen LogP contribution is 2.23. The molecule has 4 aromatic rings. The van der Waals surface area contributed by atoms with Crippen LogP contribution in [0.2, 0.25) is 5.02 Å². The Hall–Kier alpha value is -3.82. The quantitative estimate of drug-likeness (QED) is 0.284. The summed E-state index contributed by atoms with van der Waals surface area (Å²) in [6.07, 6.45) is 0. The molecule has 0 bridgehead atoms. The van der Waals surface area contributed by atoms with Crippen LogP contribution in [-0.4, -0.2) is 32.3 Å². The van der Waals surface area contributed by atoms with Crippen molar-refractivity contribution in [1.82, 2.24) is 25.6 Å². The van der Waals surface area contributed by atoms with Gasteiger partial charge in [0.1, 0.15) is 12.4 Å². The molecule has 0 fully saturated rings. The lowest BCUT2D eigenvalue weighted by molar-refractivity contribution is -0.119. The Balaban J connectivity index is 1.39. The van der Waals surface area contributed by atoms with Crippen LogP contribution < -0.4 is 15.6 Å². The molecule has 3 aromatic carbocycles. The lowest BCUT2D eigenvalue weighted by Gasteiger charge is -2.11. The number of rotatable bonds is 8. The van der Waals surface area contributed by atoms with Crippen molar-refractivity contribution < 1.29 is 14.3 Å². The molecule has 2 N–H and O–H groups in total. The number of aromatic nitrogens is 3. The number of hydrogen-bond acceptors (Lipinski definition) is 6. The van der Waals surface area contributed by atoms with Crippen LogP contribution in [0.25, 0.3) is 5.69 Å². The Morgan fingerprint density at radius 3 is 2.26 bits per heavy atom. The van der Waals surface area contributed by atoms with Gasteiger partial charge in [-0.15, -0.1) is 10.2 Å². The Morgan fingerprint density at radius 1 is 0.882 bits per heavy atom. The van der Waals surface area contributed by atoms with E-state index >= 15 is 0 Å². The minimum atomic E-state index is -0.442. The Labute approximate surface area is 205 Å². The van der Waals surface area contributed by atoms with Crippen molar-refractivity contribution in [3.8, 4) is 11.4 Å². The van der Waals surface area contributed by atoms with Crippen LogP contribution >= 0.6 is 23.4 Å². The van der Waals surface area contributed by atoms with Gasteiger partial charge in [0.2, 0.25) is 5.91 Å². The van der Waals surface area contributed by atoms with Crippen LogP contribution in [0.3, 0.4) is 0 Å². The summed E-state index contributed by atoms with van der Waals surface area (Å²) in [5.41, 5.74) is 6.02. The van der Waals surface area contributed by atoms with Gasteiger partial charge in [0.15, 0.2) is 11.0 Å². The molecule has 34 heavy (non-hydrogen) atoms. The standard InChI is InChI=1S/C24H20ClN5O3S/c25-18-13-11-17(12-14-18)23(32)28-27-22(31)16-34-24-29-26-21(15-33-20-9-5-2-6-10-20)30(24)19-7-3-1-4-8-19/h1-14H,15-16H2,(H,27,31)(H,28,32). The first-order valence-electron chi connectivity index (χ1n) is 10.3. The molecule has 4 rings (SSSR count). The van der Waals surface area contributed by atoms with Crippen LogP contribution in [0.5, 0.6) is 5.75 Å². The maximum Gasteiger partial charge on any atom is 0.269 e. The number of ether oxygens (including phenoxy) is 1. The number of carbonyl (C=O) groups is 2. The molecule has 0 aliphatic rings. The van der Waals surface area contributed by atoms with Crippen molar-refractivity contribution >= 4 is 35.2 Å². The first kappa shape index (κ1) is 23.3. The number of para-hydroxylation sites is 2. The molecule has 1 aromatic heterocycles. The molecule has 1 heterocycles. The van der Waals surface area contributed by atoms with Crippen LogP contribution in [0.1, 0.15) is 16.2 Å². The molecular weight excluding hydrogens is 474 g/mol. The van der Waals surface area contributed by atoms with E-state index < -0.39 is 11.8 Å². The second kappa shape index (κ2) is 11.4. The van der Waals surface area contributed by atoms with Gasteiger partial charge in [-0.2, -0.15) is 0 Å². The Kier molecular flexibility index (Phi) is 7.79. The maximum atomic E-state index is 12.3. The zero-order valence-electron chi connectivity index (χ0n) is 17.8. The van der Waals surface area contributed by atoms with Gasteiger partial charge in [0.05, 0.1) is 5.75 Å². The van der Waals surface area contributed by atoms with Crippen molar-refractivity contribution in [3.63, 3.8) is 0 Å². The lowest BCUT2D eigenvalue weighted by atomic mass is 10.2. The van der Waals surface area contributed by atoms with Gasteiger partial charge in [-0.3, -0.25) is 25.0 Å². The minimum Gasteiger partial charge on any atom is -0.486 e. The summed E-state index contributed by atoms with van der Waals surface area (Å²) in [5.74, 6) is 0.495. The third-order valence-electron chi connectivity index (χ3n) is 4.58. The fourth-order valence-electron chi connectivity index (χ4n) is 2.95. The van der Waals surface area contributed by atoms with E-state index in [4.69, 9.17) is 16.3 Å². The number of carbonyl (C=O) groups excluding carboxylic acids is 2. The van der Waals surface area contributed by atoms with Crippen molar-refractivity contribution in [1.29, 1.82) is 0 Å². The summed E-state index contributed by atoms with van der Waals surface area (Å²) in [4.78, 5) is 24.5. The fourth-order valence-corrected chi connectivity index (χ4v) is 3.85. The molecule has 0 aliphatic heterocycles. The number of nitrogens with zero attached hydrogens (tertiary/aromatic N) is 3. The molecule has 172 valence electrons. The molecule has 0 saturated carbocycles. The molecule has 0 aliphatic carbocycles. The Morgan fingerprint density at radius 2 is 1.56 bits per heavy atom. The van der Waals surface area contributed by atoms with E-state index in [-0.39, 0.29) is 12.4 Å². The van der Waals surface area contributed by atoms with Crippen molar-refractivity contribution in [3.05, 3.63) is 101 Å². The summed E-state index contributed by atoms with van der Waals surface area (Å²) in [6.45, 7) is 0.204. The van der Waals surface area contributed by atoms with Crippen LogP contribution in [0.15, 0.2) is 90.1 Å². The van der Waals surface area contributed by atoms with E-state index in [1.165, 1.54) is 11.8 Å². The van der Waals surface area contributed by atoms with E-state index in [2.05, 4.69) is 21.0 Å².